The molecule has 1 atom stereocenters. The van der Waals surface area contributed by atoms with Crippen molar-refractivity contribution in [1.82, 2.24) is 10.3 Å². The number of rotatable bonds is 7. The first-order chi connectivity index (χ1) is 13.5. The molecule has 1 aliphatic heterocycles. The minimum absolute atomic E-state index is 0.0207. The fourth-order valence-electron chi connectivity index (χ4n) is 3.15. The van der Waals surface area contributed by atoms with Crippen LogP contribution in [0.5, 0.6) is 0 Å². The summed E-state index contributed by atoms with van der Waals surface area (Å²) in [6, 6.07) is 8.37. The first kappa shape index (κ1) is 21.0. The first-order valence-electron chi connectivity index (χ1n) is 9.46. The maximum Gasteiger partial charge on any atom is 0.141 e. The summed E-state index contributed by atoms with van der Waals surface area (Å²) in [5, 5.41) is 3.36. The maximum absolute atomic E-state index is 13.6. The summed E-state index contributed by atoms with van der Waals surface area (Å²) >= 11 is 5.99. The van der Waals surface area contributed by atoms with Gasteiger partial charge in [0.25, 0.3) is 0 Å². The standard InChI is InChI=1S/C21H25ClFN3OS/c1-3-15(2)16-4-5-17(25-13-16)14-26(18-6-7-21(23)20(22)12-18)28(27)19-8-10-24-11-9-19/h4-7,12-13,19,24H,2-3,8-11,14H2,1H3. The van der Waals surface area contributed by atoms with Gasteiger partial charge in [-0.2, -0.15) is 0 Å². The zero-order valence-corrected chi connectivity index (χ0v) is 17.5. The molecule has 0 amide bonds. The number of aromatic nitrogens is 1. The third-order valence-electron chi connectivity index (χ3n) is 4.95. The van der Waals surface area contributed by atoms with E-state index in [4.69, 9.17) is 11.6 Å². The number of hydrogen-bond donors (Lipinski definition) is 1. The lowest BCUT2D eigenvalue weighted by Crippen LogP contribution is -2.40. The Morgan fingerprint density at radius 2 is 2.11 bits per heavy atom. The molecule has 7 heteroatoms. The van der Waals surface area contributed by atoms with Gasteiger partial charge in [0, 0.05) is 6.20 Å². The van der Waals surface area contributed by atoms with Crippen molar-refractivity contribution in [2.45, 2.75) is 38.0 Å². The highest BCUT2D eigenvalue weighted by Crippen LogP contribution is 2.28. The van der Waals surface area contributed by atoms with E-state index in [1.165, 1.54) is 12.1 Å². The van der Waals surface area contributed by atoms with Crippen molar-refractivity contribution in [2.24, 2.45) is 0 Å². The molecule has 1 N–H and O–H groups in total. The molecule has 3 rings (SSSR count). The van der Waals surface area contributed by atoms with Gasteiger partial charge in [0.05, 0.1) is 28.2 Å². The van der Waals surface area contributed by atoms with Crippen LogP contribution in [0, 0.1) is 5.82 Å². The Kier molecular flexibility index (Phi) is 7.21. The van der Waals surface area contributed by atoms with Gasteiger partial charge in [0.1, 0.15) is 16.8 Å². The average molecular weight is 422 g/mol. The van der Waals surface area contributed by atoms with E-state index in [2.05, 4.69) is 23.8 Å². The molecule has 1 saturated heterocycles. The van der Waals surface area contributed by atoms with E-state index >= 15 is 0 Å². The smallest absolute Gasteiger partial charge is 0.141 e. The number of benzene rings is 1. The van der Waals surface area contributed by atoms with Gasteiger partial charge < -0.3 is 5.32 Å². The largest absolute Gasteiger partial charge is 0.317 e. The summed E-state index contributed by atoms with van der Waals surface area (Å²) in [5.74, 6) is -0.487. The molecule has 0 saturated carbocycles. The van der Waals surface area contributed by atoms with Gasteiger partial charge >= 0.3 is 0 Å². The van der Waals surface area contributed by atoms with Crippen LogP contribution in [0.1, 0.15) is 37.4 Å². The van der Waals surface area contributed by atoms with Gasteiger partial charge in [0.15, 0.2) is 0 Å². The van der Waals surface area contributed by atoms with E-state index in [0.717, 1.165) is 49.2 Å². The molecule has 1 unspecified atom stereocenters. The molecule has 1 aromatic carbocycles. The van der Waals surface area contributed by atoms with Gasteiger partial charge in [-0.25, -0.2) is 8.60 Å². The molecule has 150 valence electrons. The minimum Gasteiger partial charge on any atom is -0.317 e. The quantitative estimate of drug-likeness (QED) is 0.703. The third-order valence-corrected chi connectivity index (χ3v) is 7.05. The lowest BCUT2D eigenvalue weighted by molar-refractivity contribution is 0.518. The van der Waals surface area contributed by atoms with Crippen molar-refractivity contribution < 1.29 is 8.60 Å². The molecule has 1 aliphatic rings. The van der Waals surface area contributed by atoms with Gasteiger partial charge in [-0.05, 0) is 67.8 Å². The van der Waals surface area contributed by atoms with Gasteiger partial charge in [0.2, 0.25) is 0 Å². The lowest BCUT2D eigenvalue weighted by atomic mass is 10.1. The summed E-state index contributed by atoms with van der Waals surface area (Å²) < 4.78 is 28.8. The number of hydrogen-bond acceptors (Lipinski definition) is 3. The highest BCUT2D eigenvalue weighted by atomic mass is 35.5. The maximum atomic E-state index is 13.6. The SMILES string of the molecule is C=C(CC)c1ccc(CN(c2ccc(F)c(Cl)c2)S(=O)C2CCNCC2)nc1. The Bertz CT molecular complexity index is 853. The molecular formula is C21H25ClFN3OS. The van der Waals surface area contributed by atoms with Crippen LogP contribution in [-0.4, -0.2) is 27.5 Å². The third kappa shape index (κ3) is 4.99. The van der Waals surface area contributed by atoms with Gasteiger partial charge in [-0.3, -0.25) is 9.29 Å². The topological polar surface area (TPSA) is 45.2 Å². The van der Waals surface area contributed by atoms with Gasteiger partial charge in [-0.15, -0.1) is 0 Å². The molecular weight excluding hydrogens is 397 g/mol. The summed E-state index contributed by atoms with van der Waals surface area (Å²) in [4.78, 5) is 4.52. The van der Waals surface area contributed by atoms with Crippen LogP contribution in [0.25, 0.3) is 5.57 Å². The zero-order valence-electron chi connectivity index (χ0n) is 16.0. The van der Waals surface area contributed by atoms with E-state index in [1.807, 2.05) is 12.1 Å². The summed E-state index contributed by atoms with van der Waals surface area (Å²) in [7, 11) is -1.27. The van der Waals surface area contributed by atoms with E-state index in [-0.39, 0.29) is 10.3 Å². The van der Waals surface area contributed by atoms with Crippen LogP contribution in [0.15, 0.2) is 43.1 Å². The van der Waals surface area contributed by atoms with Crippen molar-refractivity contribution in [2.75, 3.05) is 17.4 Å². The van der Waals surface area contributed by atoms with Crippen molar-refractivity contribution in [3.8, 4) is 0 Å². The van der Waals surface area contributed by atoms with Crippen molar-refractivity contribution in [1.29, 1.82) is 0 Å². The van der Waals surface area contributed by atoms with Crippen LogP contribution in [0.2, 0.25) is 5.02 Å². The van der Waals surface area contributed by atoms with Crippen molar-refractivity contribution >= 4 is 33.8 Å². The number of anilines is 1. The number of halogens is 2. The molecule has 1 aromatic heterocycles. The van der Waals surface area contributed by atoms with Gasteiger partial charge in [-0.1, -0.05) is 31.2 Å². The number of nitrogens with one attached hydrogen (secondary N) is 1. The minimum atomic E-state index is -1.27. The Hall–Kier alpha value is -1.76. The number of allylic oxidation sites excluding steroid dienone is 1. The number of piperidine rings is 1. The normalized spacial score (nSPS) is 16.0. The van der Waals surface area contributed by atoms with E-state index < -0.39 is 16.8 Å². The average Bonchev–Trinajstić information content (AvgIpc) is 2.74. The molecule has 0 radical (unpaired) electrons. The second-order valence-electron chi connectivity index (χ2n) is 6.86. The van der Waals surface area contributed by atoms with Crippen LogP contribution < -0.4 is 9.62 Å². The molecule has 28 heavy (non-hydrogen) atoms. The monoisotopic (exact) mass is 421 g/mol. The Balaban J connectivity index is 1.87. The van der Waals surface area contributed by atoms with E-state index in [1.54, 1.807) is 16.6 Å². The molecule has 1 fully saturated rings. The van der Waals surface area contributed by atoms with Crippen LogP contribution >= 0.6 is 11.6 Å². The predicted octanol–water partition coefficient (Wildman–Crippen LogP) is 4.72. The lowest BCUT2D eigenvalue weighted by Gasteiger charge is -2.30. The molecule has 4 nitrogen and oxygen atoms in total. The second-order valence-corrected chi connectivity index (χ2v) is 8.92. The zero-order chi connectivity index (χ0) is 20.1. The van der Waals surface area contributed by atoms with Crippen LogP contribution in [0.3, 0.4) is 0 Å². The Labute approximate surface area is 173 Å². The second kappa shape index (κ2) is 9.63. The van der Waals surface area contributed by atoms with Crippen LogP contribution in [-0.2, 0) is 17.5 Å². The predicted molar refractivity (Wildman–Crippen MR) is 115 cm³/mol. The van der Waals surface area contributed by atoms with E-state index in [9.17, 15) is 8.60 Å². The molecule has 2 heterocycles. The Morgan fingerprint density at radius 1 is 1.36 bits per heavy atom. The van der Waals surface area contributed by atoms with Crippen molar-refractivity contribution in [3.63, 3.8) is 0 Å². The fraction of sp³-hybridized carbons (Fsp3) is 0.381. The summed E-state index contributed by atoms with van der Waals surface area (Å²) in [5.41, 5.74) is 3.45. The van der Waals surface area contributed by atoms with Crippen molar-refractivity contribution in [3.05, 3.63) is 65.2 Å². The number of nitrogens with zero attached hydrogens (tertiary/aromatic N) is 2. The Morgan fingerprint density at radius 3 is 2.71 bits per heavy atom. The highest BCUT2D eigenvalue weighted by Gasteiger charge is 2.26. The first-order valence-corrected chi connectivity index (χ1v) is 11.0. The van der Waals surface area contributed by atoms with Crippen LogP contribution in [0.4, 0.5) is 10.1 Å². The molecule has 0 spiro atoms. The van der Waals surface area contributed by atoms with E-state index in [0.29, 0.717) is 12.2 Å². The molecule has 2 aromatic rings. The number of pyridine rings is 1. The molecule has 0 bridgehead atoms. The fourth-order valence-corrected chi connectivity index (χ4v) is 4.91. The molecule has 0 aliphatic carbocycles. The summed E-state index contributed by atoms with van der Waals surface area (Å²) in [6.45, 7) is 8.14. The summed E-state index contributed by atoms with van der Waals surface area (Å²) in [6.07, 6.45) is 4.33. The highest BCUT2D eigenvalue weighted by molar-refractivity contribution is 7.87.